The van der Waals surface area contributed by atoms with Crippen molar-refractivity contribution in [3.63, 3.8) is 0 Å². The van der Waals surface area contributed by atoms with Crippen LogP contribution >= 0.6 is 0 Å². The first-order valence-corrected chi connectivity index (χ1v) is 11.5. The molecule has 1 amide bonds. The van der Waals surface area contributed by atoms with Crippen LogP contribution in [0.2, 0.25) is 0 Å². The zero-order chi connectivity index (χ0) is 26.3. The van der Waals surface area contributed by atoms with Gasteiger partial charge in [-0.3, -0.25) is 19.3 Å². The van der Waals surface area contributed by atoms with Gasteiger partial charge in [0.1, 0.15) is 18.0 Å². The van der Waals surface area contributed by atoms with Gasteiger partial charge in [0.2, 0.25) is 5.76 Å². The fraction of sp³-hybridized carbons (Fsp3) is 0.138. The van der Waals surface area contributed by atoms with Gasteiger partial charge in [0, 0.05) is 11.3 Å². The van der Waals surface area contributed by atoms with Gasteiger partial charge in [0.15, 0.2) is 22.7 Å². The first-order valence-electron chi connectivity index (χ1n) is 11.5. The number of methoxy groups -OCH3 is 1. The topological polar surface area (TPSA) is 86.0 Å². The molecule has 37 heavy (non-hydrogen) atoms. The summed E-state index contributed by atoms with van der Waals surface area (Å²) in [7, 11) is 1.48. The van der Waals surface area contributed by atoms with Crippen LogP contribution in [-0.4, -0.2) is 25.4 Å². The Morgan fingerprint density at radius 1 is 1.08 bits per heavy atom. The van der Waals surface area contributed by atoms with Crippen molar-refractivity contribution in [2.45, 2.75) is 13.0 Å². The summed E-state index contributed by atoms with van der Waals surface area (Å²) in [6.07, 6.45) is 1.60. The van der Waals surface area contributed by atoms with Crippen LogP contribution in [0.5, 0.6) is 11.5 Å². The van der Waals surface area contributed by atoms with Crippen LogP contribution in [0.1, 0.15) is 45.0 Å². The molecule has 2 heterocycles. The summed E-state index contributed by atoms with van der Waals surface area (Å²) < 4.78 is 31.1. The number of ether oxygens (including phenoxy) is 2. The quantitative estimate of drug-likeness (QED) is 0.248. The fourth-order valence-corrected chi connectivity index (χ4v) is 4.51. The number of hydrogen-bond donors (Lipinski definition) is 0. The number of anilines is 1. The van der Waals surface area contributed by atoms with Gasteiger partial charge in [-0.05, 0) is 67.1 Å². The molecule has 4 aromatic rings. The molecule has 8 heteroatoms. The number of ketones is 1. The molecule has 0 saturated carbocycles. The minimum atomic E-state index is -0.906. The minimum absolute atomic E-state index is 0.0308. The average Bonchev–Trinajstić information content (AvgIpc) is 3.20. The first kappa shape index (κ1) is 24.0. The summed E-state index contributed by atoms with van der Waals surface area (Å²) in [6, 6.07) is 14.3. The first-order chi connectivity index (χ1) is 17.8. The Kier molecular flexibility index (Phi) is 6.09. The average molecular weight is 499 g/mol. The summed E-state index contributed by atoms with van der Waals surface area (Å²) in [6.45, 7) is 5.35. The van der Waals surface area contributed by atoms with Gasteiger partial charge >= 0.3 is 0 Å². The van der Waals surface area contributed by atoms with Crippen molar-refractivity contribution in [2.75, 3.05) is 18.6 Å². The molecule has 0 N–H and O–H groups in total. The van der Waals surface area contributed by atoms with Crippen LogP contribution in [-0.2, 0) is 0 Å². The van der Waals surface area contributed by atoms with Crippen molar-refractivity contribution in [1.29, 1.82) is 0 Å². The second-order valence-electron chi connectivity index (χ2n) is 8.51. The molecule has 1 aliphatic heterocycles. The van der Waals surface area contributed by atoms with E-state index in [4.69, 9.17) is 13.9 Å². The molecule has 0 spiro atoms. The number of carbonyl (C=O) groups excluding carboxylic acids is 2. The van der Waals surface area contributed by atoms with Crippen LogP contribution in [0.25, 0.3) is 11.0 Å². The van der Waals surface area contributed by atoms with Gasteiger partial charge in [-0.15, -0.1) is 0 Å². The number of amides is 1. The summed E-state index contributed by atoms with van der Waals surface area (Å²) >= 11 is 0. The number of Topliss-reactive ketones (excluding diaryl/α,β-unsaturated/α-hetero) is 1. The van der Waals surface area contributed by atoms with Gasteiger partial charge in [-0.25, -0.2) is 4.39 Å². The Morgan fingerprint density at radius 3 is 2.51 bits per heavy atom. The molecule has 0 bridgehead atoms. The number of halogens is 1. The predicted molar refractivity (Wildman–Crippen MR) is 136 cm³/mol. The van der Waals surface area contributed by atoms with Crippen LogP contribution in [0.3, 0.4) is 0 Å². The summed E-state index contributed by atoms with van der Waals surface area (Å²) in [5, 5.41) is 0.0308. The minimum Gasteiger partial charge on any atom is -0.493 e. The molecule has 1 aromatic heterocycles. The smallest absolute Gasteiger partial charge is 0.295 e. The van der Waals surface area contributed by atoms with Gasteiger partial charge in [-0.2, -0.15) is 0 Å². The number of benzene rings is 3. The lowest BCUT2D eigenvalue weighted by atomic mass is 9.97. The van der Waals surface area contributed by atoms with E-state index >= 15 is 0 Å². The highest BCUT2D eigenvalue weighted by molar-refractivity contribution is 6.11. The second-order valence-corrected chi connectivity index (χ2v) is 8.51. The molecule has 3 aromatic carbocycles. The molecule has 1 aliphatic rings. The maximum atomic E-state index is 14.0. The molecule has 0 saturated heterocycles. The summed E-state index contributed by atoms with van der Waals surface area (Å²) in [4.78, 5) is 40.6. The Balaban J connectivity index is 1.74. The Labute approximate surface area is 211 Å². The zero-order valence-corrected chi connectivity index (χ0v) is 20.1. The Bertz CT molecular complexity index is 1620. The molecule has 0 fully saturated rings. The van der Waals surface area contributed by atoms with Gasteiger partial charge in [-0.1, -0.05) is 18.7 Å². The zero-order valence-electron chi connectivity index (χ0n) is 20.1. The fourth-order valence-electron chi connectivity index (χ4n) is 4.51. The standard InChI is InChI=1S/C29H22FNO6/c1-4-13-36-23-11-7-18(14-24(23)35-3)26-25-27(33)21-15-19(30)8-12-22(21)37-28(25)29(34)31(26)20-9-5-17(6-10-20)16(2)32/h4-12,14-15,26H,1,13H2,2-3H3. The van der Waals surface area contributed by atoms with Gasteiger partial charge in [0.05, 0.1) is 24.1 Å². The van der Waals surface area contributed by atoms with Gasteiger partial charge < -0.3 is 13.9 Å². The molecule has 1 atom stereocenters. The highest BCUT2D eigenvalue weighted by Crippen LogP contribution is 2.43. The lowest BCUT2D eigenvalue weighted by molar-refractivity contribution is 0.0970. The van der Waals surface area contributed by atoms with Crippen molar-refractivity contribution >= 4 is 28.3 Å². The number of hydrogen-bond acceptors (Lipinski definition) is 6. The molecule has 186 valence electrons. The highest BCUT2D eigenvalue weighted by atomic mass is 19.1. The number of rotatable bonds is 7. The lowest BCUT2D eigenvalue weighted by Crippen LogP contribution is -2.29. The van der Waals surface area contributed by atoms with E-state index < -0.39 is 23.2 Å². The molecule has 0 radical (unpaired) electrons. The van der Waals surface area contributed by atoms with E-state index in [0.29, 0.717) is 28.3 Å². The Hall–Kier alpha value is -4.72. The monoisotopic (exact) mass is 499 g/mol. The SMILES string of the molecule is C=CCOc1ccc(C2c3c(oc4ccc(F)cc4c3=O)C(=O)N2c2ccc(C(C)=O)cc2)cc1OC. The third-order valence-corrected chi connectivity index (χ3v) is 6.24. The third kappa shape index (κ3) is 4.06. The normalized spacial score (nSPS) is 14.5. The van der Waals surface area contributed by atoms with Crippen LogP contribution < -0.4 is 19.8 Å². The molecule has 1 unspecified atom stereocenters. The van der Waals surface area contributed by atoms with E-state index in [1.54, 1.807) is 48.5 Å². The summed E-state index contributed by atoms with van der Waals surface area (Å²) in [5.74, 6) is -0.531. The Morgan fingerprint density at radius 2 is 1.84 bits per heavy atom. The van der Waals surface area contributed by atoms with Gasteiger partial charge in [0.25, 0.3) is 5.91 Å². The van der Waals surface area contributed by atoms with Crippen LogP contribution in [0.4, 0.5) is 10.1 Å². The highest BCUT2D eigenvalue weighted by Gasteiger charge is 2.44. The lowest BCUT2D eigenvalue weighted by Gasteiger charge is -2.26. The molecule has 5 rings (SSSR count). The molecule has 0 aliphatic carbocycles. The summed E-state index contributed by atoms with van der Waals surface area (Å²) in [5.41, 5.74) is 1.16. The van der Waals surface area contributed by atoms with E-state index in [2.05, 4.69) is 6.58 Å². The second kappa shape index (κ2) is 9.39. The number of carbonyl (C=O) groups is 2. The largest absolute Gasteiger partial charge is 0.493 e. The van der Waals surface area contributed by atoms with E-state index in [1.165, 1.54) is 31.1 Å². The molecule has 7 nitrogen and oxygen atoms in total. The van der Waals surface area contributed by atoms with Crippen LogP contribution in [0, 0.1) is 5.82 Å². The van der Waals surface area contributed by atoms with E-state index in [-0.39, 0.29) is 34.7 Å². The van der Waals surface area contributed by atoms with Crippen molar-refractivity contribution < 1.29 is 27.9 Å². The van der Waals surface area contributed by atoms with E-state index in [1.807, 2.05) is 0 Å². The molecular weight excluding hydrogens is 477 g/mol. The maximum Gasteiger partial charge on any atom is 0.295 e. The number of nitrogens with zero attached hydrogens (tertiary/aromatic N) is 1. The van der Waals surface area contributed by atoms with Crippen molar-refractivity contribution in [3.05, 3.63) is 112 Å². The third-order valence-electron chi connectivity index (χ3n) is 6.24. The van der Waals surface area contributed by atoms with Crippen LogP contribution in [0.15, 0.2) is 82.5 Å². The van der Waals surface area contributed by atoms with E-state index in [0.717, 1.165) is 6.07 Å². The van der Waals surface area contributed by atoms with E-state index in [9.17, 15) is 18.8 Å². The number of fused-ring (bicyclic) bond motifs is 2. The molecular formula is C29H22FNO6. The van der Waals surface area contributed by atoms with Crippen molar-refractivity contribution in [3.8, 4) is 11.5 Å². The van der Waals surface area contributed by atoms with Crippen molar-refractivity contribution in [2.24, 2.45) is 0 Å². The van der Waals surface area contributed by atoms with Crippen molar-refractivity contribution in [1.82, 2.24) is 0 Å². The maximum absolute atomic E-state index is 14.0. The predicted octanol–water partition coefficient (Wildman–Crippen LogP) is 5.46.